The summed E-state index contributed by atoms with van der Waals surface area (Å²) in [6.45, 7) is 5.31. The van der Waals surface area contributed by atoms with Gasteiger partial charge in [0.2, 0.25) is 10.0 Å². The van der Waals surface area contributed by atoms with E-state index in [0.717, 1.165) is 24.9 Å². The monoisotopic (exact) mass is 416 g/mol. The van der Waals surface area contributed by atoms with Gasteiger partial charge in [-0.1, -0.05) is 60.7 Å². The van der Waals surface area contributed by atoms with Crippen molar-refractivity contribution in [3.05, 3.63) is 71.8 Å². The fourth-order valence-corrected chi connectivity index (χ4v) is 3.65. The number of nitrogens with one attached hydrogen (secondary N) is 3. The van der Waals surface area contributed by atoms with E-state index >= 15 is 0 Å². The Hall–Kier alpha value is -2.38. The van der Waals surface area contributed by atoms with Crippen LogP contribution in [0.3, 0.4) is 0 Å². The third kappa shape index (κ3) is 9.58. The van der Waals surface area contributed by atoms with Gasteiger partial charge < -0.3 is 10.6 Å². The molecular formula is C22H32N4O2S. The Bertz CT molecular complexity index is 840. The summed E-state index contributed by atoms with van der Waals surface area (Å²) in [7, 11) is -3.38. The third-order valence-electron chi connectivity index (χ3n) is 4.41. The van der Waals surface area contributed by atoms with Crippen LogP contribution in [0.25, 0.3) is 0 Å². The van der Waals surface area contributed by atoms with E-state index < -0.39 is 10.0 Å². The SMILES string of the molecule is CCNC(=NCCS(=O)(=O)NCc1ccccc1)NC(C)CCc1ccccc1. The van der Waals surface area contributed by atoms with Crippen molar-refractivity contribution in [2.24, 2.45) is 4.99 Å². The van der Waals surface area contributed by atoms with Crippen LogP contribution in [0.4, 0.5) is 0 Å². The van der Waals surface area contributed by atoms with Crippen LogP contribution in [0.5, 0.6) is 0 Å². The predicted molar refractivity (Wildman–Crippen MR) is 120 cm³/mol. The van der Waals surface area contributed by atoms with Crippen LogP contribution in [-0.4, -0.2) is 39.3 Å². The molecule has 3 N–H and O–H groups in total. The molecule has 0 aliphatic rings. The largest absolute Gasteiger partial charge is 0.357 e. The summed E-state index contributed by atoms with van der Waals surface area (Å²) >= 11 is 0. The van der Waals surface area contributed by atoms with Crippen LogP contribution in [-0.2, 0) is 23.0 Å². The fourth-order valence-electron chi connectivity index (χ4n) is 2.79. The van der Waals surface area contributed by atoms with E-state index in [0.29, 0.717) is 12.5 Å². The first-order valence-electron chi connectivity index (χ1n) is 10.1. The number of guanidine groups is 1. The molecule has 0 aliphatic carbocycles. The zero-order chi connectivity index (χ0) is 21.0. The molecule has 0 bridgehead atoms. The summed E-state index contributed by atoms with van der Waals surface area (Å²) < 4.78 is 27.0. The average molecular weight is 417 g/mol. The van der Waals surface area contributed by atoms with Gasteiger partial charge in [0.25, 0.3) is 0 Å². The topological polar surface area (TPSA) is 82.6 Å². The molecule has 6 nitrogen and oxygen atoms in total. The maximum atomic E-state index is 12.2. The molecule has 2 rings (SSSR count). The Kier molecular flexibility index (Phi) is 9.67. The minimum atomic E-state index is -3.38. The van der Waals surface area contributed by atoms with Gasteiger partial charge in [-0.25, -0.2) is 13.1 Å². The summed E-state index contributed by atoms with van der Waals surface area (Å²) in [6.07, 6.45) is 1.94. The van der Waals surface area contributed by atoms with E-state index in [1.807, 2.05) is 55.5 Å². The second kappa shape index (κ2) is 12.2. The molecule has 7 heteroatoms. The number of hydrogen-bond donors (Lipinski definition) is 3. The lowest BCUT2D eigenvalue weighted by Crippen LogP contribution is -2.42. The highest BCUT2D eigenvalue weighted by molar-refractivity contribution is 7.89. The first-order valence-corrected chi connectivity index (χ1v) is 11.7. The van der Waals surface area contributed by atoms with Crippen LogP contribution in [0.2, 0.25) is 0 Å². The standard InChI is InChI=1S/C22H32N4O2S/c1-3-23-22(26-19(2)14-15-20-10-6-4-7-11-20)24-16-17-29(27,28)25-18-21-12-8-5-9-13-21/h4-13,19,25H,3,14-18H2,1-2H3,(H2,23,24,26). The molecule has 0 spiro atoms. The van der Waals surface area contributed by atoms with Crippen molar-refractivity contribution in [3.8, 4) is 0 Å². The smallest absolute Gasteiger partial charge is 0.213 e. The lowest BCUT2D eigenvalue weighted by atomic mass is 10.1. The maximum Gasteiger partial charge on any atom is 0.213 e. The van der Waals surface area contributed by atoms with E-state index in [9.17, 15) is 8.42 Å². The molecule has 0 fully saturated rings. The molecule has 0 aliphatic heterocycles. The van der Waals surface area contributed by atoms with E-state index in [2.05, 4.69) is 39.4 Å². The number of aliphatic imine (C=N–C) groups is 1. The van der Waals surface area contributed by atoms with Gasteiger partial charge in [-0.05, 0) is 37.8 Å². The van der Waals surface area contributed by atoms with E-state index in [1.165, 1.54) is 5.56 Å². The Balaban J connectivity index is 1.79. The molecule has 2 aromatic carbocycles. The quantitative estimate of drug-likeness (QED) is 0.389. The van der Waals surface area contributed by atoms with Crippen molar-refractivity contribution in [1.29, 1.82) is 0 Å². The highest BCUT2D eigenvalue weighted by Gasteiger charge is 2.10. The van der Waals surface area contributed by atoms with Crippen LogP contribution >= 0.6 is 0 Å². The average Bonchev–Trinajstić information content (AvgIpc) is 2.72. The minimum absolute atomic E-state index is 0.0468. The summed E-state index contributed by atoms with van der Waals surface area (Å²) in [5, 5.41) is 6.54. The minimum Gasteiger partial charge on any atom is -0.357 e. The van der Waals surface area contributed by atoms with Crippen LogP contribution in [0, 0.1) is 0 Å². The summed E-state index contributed by atoms with van der Waals surface area (Å²) in [5.41, 5.74) is 2.24. The molecule has 1 atom stereocenters. The van der Waals surface area contributed by atoms with Gasteiger partial charge in [0.1, 0.15) is 0 Å². The highest BCUT2D eigenvalue weighted by Crippen LogP contribution is 2.04. The summed E-state index contributed by atoms with van der Waals surface area (Å²) in [5.74, 6) is 0.598. The third-order valence-corrected chi connectivity index (χ3v) is 5.71. The van der Waals surface area contributed by atoms with E-state index in [-0.39, 0.29) is 18.3 Å². The first-order chi connectivity index (χ1) is 14.0. The highest BCUT2D eigenvalue weighted by atomic mass is 32.2. The van der Waals surface area contributed by atoms with Crippen LogP contribution in [0.1, 0.15) is 31.4 Å². The maximum absolute atomic E-state index is 12.2. The molecule has 1 unspecified atom stereocenters. The normalized spacial score (nSPS) is 13.1. The zero-order valence-corrected chi connectivity index (χ0v) is 18.1. The number of rotatable bonds is 11. The zero-order valence-electron chi connectivity index (χ0n) is 17.3. The lowest BCUT2D eigenvalue weighted by molar-refractivity contribution is 0.580. The van der Waals surface area contributed by atoms with Gasteiger partial charge in [0.05, 0.1) is 12.3 Å². The Morgan fingerprint density at radius 1 is 1.00 bits per heavy atom. The molecule has 0 amide bonds. The molecule has 29 heavy (non-hydrogen) atoms. The number of aryl methyl sites for hydroxylation is 1. The molecule has 0 saturated heterocycles. The predicted octanol–water partition coefficient (Wildman–Crippen LogP) is 2.68. The van der Waals surface area contributed by atoms with Crippen molar-refractivity contribution in [2.45, 2.75) is 39.3 Å². The number of sulfonamides is 1. The molecule has 0 saturated carbocycles. The van der Waals surface area contributed by atoms with Crippen LogP contribution in [0.15, 0.2) is 65.7 Å². The Morgan fingerprint density at radius 3 is 2.24 bits per heavy atom. The van der Waals surface area contributed by atoms with Gasteiger partial charge in [-0.2, -0.15) is 0 Å². The van der Waals surface area contributed by atoms with Gasteiger partial charge in [0, 0.05) is 19.1 Å². The van der Waals surface area contributed by atoms with Crippen molar-refractivity contribution in [1.82, 2.24) is 15.4 Å². The van der Waals surface area contributed by atoms with E-state index in [1.54, 1.807) is 0 Å². The summed E-state index contributed by atoms with van der Waals surface area (Å²) in [4.78, 5) is 4.42. The van der Waals surface area contributed by atoms with E-state index in [4.69, 9.17) is 0 Å². The van der Waals surface area contributed by atoms with Crippen molar-refractivity contribution < 1.29 is 8.42 Å². The van der Waals surface area contributed by atoms with Crippen molar-refractivity contribution in [2.75, 3.05) is 18.8 Å². The Labute approximate surface area is 174 Å². The molecular weight excluding hydrogens is 384 g/mol. The van der Waals surface area contributed by atoms with Gasteiger partial charge in [0.15, 0.2) is 5.96 Å². The van der Waals surface area contributed by atoms with Crippen molar-refractivity contribution in [3.63, 3.8) is 0 Å². The summed E-state index contributed by atoms with van der Waals surface area (Å²) in [6, 6.07) is 20.1. The molecule has 0 aromatic heterocycles. The number of benzene rings is 2. The Morgan fingerprint density at radius 2 is 1.62 bits per heavy atom. The molecule has 2 aromatic rings. The van der Waals surface area contributed by atoms with Gasteiger partial charge >= 0.3 is 0 Å². The second-order valence-electron chi connectivity index (χ2n) is 6.96. The molecule has 0 radical (unpaired) electrons. The van der Waals surface area contributed by atoms with Crippen molar-refractivity contribution >= 4 is 16.0 Å². The fraction of sp³-hybridized carbons (Fsp3) is 0.409. The molecule has 158 valence electrons. The number of hydrogen-bond acceptors (Lipinski definition) is 3. The lowest BCUT2D eigenvalue weighted by Gasteiger charge is -2.18. The number of nitrogens with zero attached hydrogens (tertiary/aromatic N) is 1. The first kappa shape index (κ1) is 22.9. The van der Waals surface area contributed by atoms with Gasteiger partial charge in [-0.15, -0.1) is 0 Å². The van der Waals surface area contributed by atoms with Crippen LogP contribution < -0.4 is 15.4 Å². The molecule has 0 heterocycles. The second-order valence-corrected chi connectivity index (χ2v) is 8.88. The van der Waals surface area contributed by atoms with Gasteiger partial charge in [-0.3, -0.25) is 4.99 Å².